The number of benzene rings is 1. The van der Waals surface area contributed by atoms with Crippen molar-refractivity contribution in [1.29, 1.82) is 0 Å². The molecule has 1 aromatic carbocycles. The third-order valence-corrected chi connectivity index (χ3v) is 6.18. The maximum absolute atomic E-state index is 12.0. The summed E-state index contributed by atoms with van der Waals surface area (Å²) in [4.78, 5) is 11.9. The topological polar surface area (TPSA) is 114 Å². The summed E-state index contributed by atoms with van der Waals surface area (Å²) in [6, 6.07) is 9.45. The van der Waals surface area contributed by atoms with Gasteiger partial charge < -0.3 is 0 Å². The first-order valence-electron chi connectivity index (χ1n) is 7.30. The van der Waals surface area contributed by atoms with Crippen LogP contribution in [0, 0.1) is 6.92 Å². The standard InChI is InChI=1S/C15H20N4O4S/c1-11-13(12-7-5-4-6-8-12)19(18-16-11)10-9-15(2,14(20)17-21)24(3,22)23/h4-8,21H,9-10H2,1-3H3,(H,17,20). The summed E-state index contributed by atoms with van der Waals surface area (Å²) in [5.74, 6) is -0.969. The summed E-state index contributed by atoms with van der Waals surface area (Å²) in [7, 11) is -3.75. The van der Waals surface area contributed by atoms with Crippen molar-refractivity contribution in [1.82, 2.24) is 20.5 Å². The van der Waals surface area contributed by atoms with Crippen LogP contribution >= 0.6 is 0 Å². The van der Waals surface area contributed by atoms with Gasteiger partial charge in [-0.3, -0.25) is 10.0 Å². The van der Waals surface area contributed by atoms with E-state index in [2.05, 4.69) is 10.3 Å². The van der Waals surface area contributed by atoms with Crippen LogP contribution in [-0.4, -0.2) is 45.5 Å². The fourth-order valence-corrected chi connectivity index (χ4v) is 3.26. The lowest BCUT2D eigenvalue weighted by atomic mass is 10.1. The quantitative estimate of drug-likeness (QED) is 0.591. The molecule has 130 valence electrons. The van der Waals surface area contributed by atoms with Gasteiger partial charge in [0.25, 0.3) is 5.91 Å². The van der Waals surface area contributed by atoms with Gasteiger partial charge >= 0.3 is 0 Å². The molecular formula is C15H20N4O4S. The smallest absolute Gasteiger partial charge is 0.264 e. The third-order valence-electron chi connectivity index (χ3n) is 4.15. The first-order valence-corrected chi connectivity index (χ1v) is 9.19. The lowest BCUT2D eigenvalue weighted by molar-refractivity contribution is -0.131. The van der Waals surface area contributed by atoms with Crippen LogP contribution in [0.15, 0.2) is 30.3 Å². The van der Waals surface area contributed by atoms with Crippen molar-refractivity contribution >= 4 is 15.7 Å². The molecule has 9 heteroatoms. The molecule has 0 saturated heterocycles. The Morgan fingerprint density at radius 1 is 1.33 bits per heavy atom. The minimum atomic E-state index is -3.75. The van der Waals surface area contributed by atoms with Gasteiger partial charge in [0, 0.05) is 18.4 Å². The average molecular weight is 352 g/mol. The van der Waals surface area contributed by atoms with Gasteiger partial charge in [0.2, 0.25) is 0 Å². The number of hydrogen-bond acceptors (Lipinski definition) is 6. The summed E-state index contributed by atoms with van der Waals surface area (Å²) < 4.78 is 23.8. The highest BCUT2D eigenvalue weighted by molar-refractivity contribution is 7.92. The fourth-order valence-electron chi connectivity index (χ4n) is 2.42. The van der Waals surface area contributed by atoms with Crippen molar-refractivity contribution in [2.45, 2.75) is 31.6 Å². The Morgan fingerprint density at radius 2 is 1.96 bits per heavy atom. The minimum absolute atomic E-state index is 0.0547. The molecule has 2 aromatic rings. The second-order valence-corrected chi connectivity index (χ2v) is 8.25. The lowest BCUT2D eigenvalue weighted by Crippen LogP contribution is -2.49. The summed E-state index contributed by atoms with van der Waals surface area (Å²) in [5, 5.41) is 16.9. The van der Waals surface area contributed by atoms with Gasteiger partial charge in [-0.2, -0.15) is 0 Å². The zero-order valence-electron chi connectivity index (χ0n) is 13.7. The van der Waals surface area contributed by atoms with Crippen LogP contribution in [0.1, 0.15) is 19.0 Å². The molecule has 0 radical (unpaired) electrons. The first kappa shape index (κ1) is 18.1. The monoisotopic (exact) mass is 352 g/mol. The Balaban J connectivity index is 2.35. The molecule has 2 N–H and O–H groups in total. The van der Waals surface area contributed by atoms with E-state index in [1.165, 1.54) is 12.4 Å². The first-order chi connectivity index (χ1) is 11.2. The van der Waals surface area contributed by atoms with Crippen molar-refractivity contribution < 1.29 is 18.4 Å². The van der Waals surface area contributed by atoms with Gasteiger partial charge in [0.15, 0.2) is 14.6 Å². The van der Waals surface area contributed by atoms with Gasteiger partial charge in [-0.25, -0.2) is 18.6 Å². The molecule has 1 unspecified atom stereocenters. The molecule has 0 aliphatic heterocycles. The Kier molecular flexibility index (Phi) is 5.05. The maximum atomic E-state index is 12.0. The minimum Gasteiger partial charge on any atom is -0.289 e. The van der Waals surface area contributed by atoms with Crippen LogP contribution in [0.5, 0.6) is 0 Å². The number of carbonyl (C=O) groups is 1. The molecule has 0 spiro atoms. The normalized spacial score (nSPS) is 14.2. The predicted molar refractivity (Wildman–Crippen MR) is 88.0 cm³/mol. The van der Waals surface area contributed by atoms with E-state index in [-0.39, 0.29) is 13.0 Å². The van der Waals surface area contributed by atoms with E-state index in [1.807, 2.05) is 37.3 Å². The molecule has 0 aliphatic carbocycles. The molecule has 1 aromatic heterocycles. The van der Waals surface area contributed by atoms with E-state index >= 15 is 0 Å². The van der Waals surface area contributed by atoms with E-state index in [0.29, 0.717) is 5.69 Å². The number of carbonyl (C=O) groups excluding carboxylic acids is 1. The van der Waals surface area contributed by atoms with Crippen molar-refractivity contribution in [3.63, 3.8) is 0 Å². The summed E-state index contributed by atoms with van der Waals surface area (Å²) in [6.45, 7) is 3.24. The molecule has 0 saturated carbocycles. The van der Waals surface area contributed by atoms with E-state index in [1.54, 1.807) is 4.68 Å². The SMILES string of the molecule is Cc1nnn(CCC(C)(C(=O)NO)S(C)(=O)=O)c1-c1ccccc1. The van der Waals surface area contributed by atoms with Crippen LogP contribution in [0.25, 0.3) is 11.3 Å². The molecule has 0 bridgehead atoms. The Labute approximate surface area is 140 Å². The zero-order valence-corrected chi connectivity index (χ0v) is 14.5. The summed E-state index contributed by atoms with van der Waals surface area (Å²) >= 11 is 0. The van der Waals surface area contributed by atoms with Crippen molar-refractivity contribution in [2.24, 2.45) is 0 Å². The maximum Gasteiger partial charge on any atom is 0.264 e. The summed E-state index contributed by atoms with van der Waals surface area (Å²) in [5.41, 5.74) is 3.80. The number of aryl methyl sites for hydroxylation is 2. The second kappa shape index (κ2) is 6.70. The highest BCUT2D eigenvalue weighted by atomic mass is 32.2. The number of nitrogens with zero attached hydrogens (tertiary/aromatic N) is 3. The van der Waals surface area contributed by atoms with Gasteiger partial charge in [-0.15, -0.1) is 5.10 Å². The molecule has 0 aliphatic rings. The third kappa shape index (κ3) is 3.31. The van der Waals surface area contributed by atoms with Crippen molar-refractivity contribution in [3.05, 3.63) is 36.0 Å². The van der Waals surface area contributed by atoms with Gasteiger partial charge in [0.05, 0.1) is 11.4 Å². The van der Waals surface area contributed by atoms with Crippen LogP contribution in [0.3, 0.4) is 0 Å². The van der Waals surface area contributed by atoms with Crippen LogP contribution in [0.2, 0.25) is 0 Å². The number of amides is 1. The van der Waals surface area contributed by atoms with E-state index in [0.717, 1.165) is 17.5 Å². The molecule has 24 heavy (non-hydrogen) atoms. The Hall–Kier alpha value is -2.26. The Bertz CT molecular complexity index is 832. The molecule has 0 fully saturated rings. The van der Waals surface area contributed by atoms with Gasteiger partial charge in [-0.1, -0.05) is 35.5 Å². The number of hydrogen-bond donors (Lipinski definition) is 2. The molecule has 2 rings (SSSR count). The van der Waals surface area contributed by atoms with Gasteiger partial charge in [-0.05, 0) is 20.3 Å². The fraction of sp³-hybridized carbons (Fsp3) is 0.400. The van der Waals surface area contributed by atoms with Crippen LogP contribution < -0.4 is 5.48 Å². The number of aromatic nitrogens is 3. The number of nitrogens with one attached hydrogen (secondary N) is 1. The van der Waals surface area contributed by atoms with Crippen LogP contribution in [-0.2, 0) is 21.2 Å². The van der Waals surface area contributed by atoms with Gasteiger partial charge in [0.1, 0.15) is 0 Å². The summed E-state index contributed by atoms with van der Waals surface area (Å²) in [6.07, 6.45) is 0.911. The van der Waals surface area contributed by atoms with Crippen molar-refractivity contribution in [2.75, 3.05) is 6.26 Å². The lowest BCUT2D eigenvalue weighted by Gasteiger charge is -2.25. The Morgan fingerprint density at radius 3 is 2.50 bits per heavy atom. The number of rotatable bonds is 6. The number of hydroxylamine groups is 1. The van der Waals surface area contributed by atoms with Crippen LogP contribution in [0.4, 0.5) is 0 Å². The van der Waals surface area contributed by atoms with Crippen molar-refractivity contribution in [3.8, 4) is 11.3 Å². The van der Waals surface area contributed by atoms with E-state index in [9.17, 15) is 13.2 Å². The number of sulfone groups is 1. The molecule has 1 atom stereocenters. The highest BCUT2D eigenvalue weighted by Gasteiger charge is 2.43. The largest absolute Gasteiger partial charge is 0.289 e. The molecule has 8 nitrogen and oxygen atoms in total. The molecular weight excluding hydrogens is 332 g/mol. The van der Waals surface area contributed by atoms with E-state index in [4.69, 9.17) is 5.21 Å². The second-order valence-electron chi connectivity index (χ2n) is 5.81. The predicted octanol–water partition coefficient (Wildman–Crippen LogP) is 0.952. The van der Waals surface area contributed by atoms with E-state index < -0.39 is 20.5 Å². The molecule has 1 heterocycles. The average Bonchev–Trinajstić information content (AvgIpc) is 2.92. The highest BCUT2D eigenvalue weighted by Crippen LogP contribution is 2.25. The molecule has 1 amide bonds. The zero-order chi connectivity index (χ0) is 18.0.